The van der Waals surface area contributed by atoms with Crippen LogP contribution in [-0.4, -0.2) is 29.2 Å². The van der Waals surface area contributed by atoms with Crippen molar-refractivity contribution in [3.63, 3.8) is 0 Å². The van der Waals surface area contributed by atoms with Gasteiger partial charge in [-0.25, -0.2) is 9.97 Å². The molecule has 0 spiro atoms. The number of aromatic nitrogens is 2. The molecule has 1 rings (SSSR count). The Morgan fingerprint density at radius 2 is 2.12 bits per heavy atom. The fourth-order valence-corrected chi connectivity index (χ4v) is 1.50. The van der Waals surface area contributed by atoms with Gasteiger partial charge in [0.1, 0.15) is 11.0 Å². The first-order valence-corrected chi connectivity index (χ1v) is 5.89. The largest absolute Gasteiger partial charge is 0.379 e. The molecule has 6 heteroatoms. The SMILES string of the molecule is CC(C)OCCCNc1cc(Cl)nc(Cl)n1. The quantitative estimate of drug-likeness (QED) is 0.487. The van der Waals surface area contributed by atoms with Gasteiger partial charge in [-0.15, -0.1) is 0 Å². The van der Waals surface area contributed by atoms with Gasteiger partial charge in [-0.2, -0.15) is 0 Å². The lowest BCUT2D eigenvalue weighted by atomic mass is 10.4. The zero-order chi connectivity index (χ0) is 12.0. The topological polar surface area (TPSA) is 47.0 Å². The molecule has 0 bridgehead atoms. The molecule has 1 aromatic rings. The van der Waals surface area contributed by atoms with Crippen LogP contribution in [0.1, 0.15) is 20.3 Å². The summed E-state index contributed by atoms with van der Waals surface area (Å²) in [5, 5.41) is 3.58. The number of nitrogens with zero attached hydrogens (tertiary/aromatic N) is 2. The van der Waals surface area contributed by atoms with Gasteiger partial charge in [-0.3, -0.25) is 0 Å². The third kappa shape index (κ3) is 5.49. The van der Waals surface area contributed by atoms with E-state index in [1.165, 1.54) is 0 Å². The van der Waals surface area contributed by atoms with Crippen molar-refractivity contribution in [2.45, 2.75) is 26.4 Å². The zero-order valence-corrected chi connectivity index (χ0v) is 10.8. The molecule has 0 atom stereocenters. The third-order valence-electron chi connectivity index (χ3n) is 1.75. The maximum absolute atomic E-state index is 5.73. The number of anilines is 1. The molecule has 4 nitrogen and oxygen atoms in total. The van der Waals surface area contributed by atoms with Gasteiger partial charge in [0.2, 0.25) is 5.28 Å². The summed E-state index contributed by atoms with van der Waals surface area (Å²) in [5.74, 6) is 0.634. The van der Waals surface area contributed by atoms with E-state index >= 15 is 0 Å². The number of hydrogen-bond acceptors (Lipinski definition) is 4. The molecule has 0 unspecified atom stereocenters. The second-order valence-corrected chi connectivity index (χ2v) is 4.27. The van der Waals surface area contributed by atoms with Crippen LogP contribution in [0.15, 0.2) is 6.07 Å². The number of rotatable bonds is 6. The van der Waals surface area contributed by atoms with Gasteiger partial charge in [0, 0.05) is 19.2 Å². The summed E-state index contributed by atoms with van der Waals surface area (Å²) in [4.78, 5) is 7.74. The smallest absolute Gasteiger partial charge is 0.225 e. The number of nitrogens with one attached hydrogen (secondary N) is 1. The molecule has 90 valence electrons. The molecule has 0 saturated carbocycles. The number of halogens is 2. The molecule has 0 amide bonds. The van der Waals surface area contributed by atoms with Crippen LogP contribution < -0.4 is 5.32 Å². The van der Waals surface area contributed by atoms with Gasteiger partial charge in [-0.05, 0) is 31.9 Å². The molecule has 0 saturated heterocycles. The van der Waals surface area contributed by atoms with E-state index < -0.39 is 0 Å². The van der Waals surface area contributed by atoms with Crippen LogP contribution >= 0.6 is 23.2 Å². The lowest BCUT2D eigenvalue weighted by molar-refractivity contribution is 0.0787. The monoisotopic (exact) mass is 263 g/mol. The van der Waals surface area contributed by atoms with E-state index in [4.69, 9.17) is 27.9 Å². The first-order valence-electron chi connectivity index (χ1n) is 5.13. The van der Waals surface area contributed by atoms with Crippen molar-refractivity contribution in [2.75, 3.05) is 18.5 Å². The predicted molar refractivity (Wildman–Crippen MR) is 66.2 cm³/mol. The highest BCUT2D eigenvalue weighted by Gasteiger charge is 2.00. The van der Waals surface area contributed by atoms with Crippen LogP contribution in [0.2, 0.25) is 10.4 Å². The fourth-order valence-electron chi connectivity index (χ4n) is 1.09. The fraction of sp³-hybridized carbons (Fsp3) is 0.600. The van der Waals surface area contributed by atoms with E-state index in [0.29, 0.717) is 11.0 Å². The molecule has 0 aromatic carbocycles. The number of ether oxygens (including phenoxy) is 1. The average molecular weight is 264 g/mol. The van der Waals surface area contributed by atoms with E-state index in [1.54, 1.807) is 6.07 Å². The lowest BCUT2D eigenvalue weighted by Crippen LogP contribution is -2.10. The van der Waals surface area contributed by atoms with Crippen LogP contribution in [0.3, 0.4) is 0 Å². The molecule has 0 fully saturated rings. The van der Waals surface area contributed by atoms with Crippen molar-refractivity contribution in [3.05, 3.63) is 16.5 Å². The van der Waals surface area contributed by atoms with Crippen molar-refractivity contribution in [3.8, 4) is 0 Å². The molecule has 0 aliphatic heterocycles. The first-order chi connectivity index (χ1) is 7.58. The van der Waals surface area contributed by atoms with Crippen molar-refractivity contribution < 1.29 is 4.74 Å². The first kappa shape index (κ1) is 13.5. The molecular weight excluding hydrogens is 249 g/mol. The minimum absolute atomic E-state index is 0.147. The standard InChI is InChI=1S/C10H15Cl2N3O/c1-7(2)16-5-3-4-13-9-6-8(11)14-10(12)15-9/h6-7H,3-5H2,1-2H3,(H,13,14,15). The number of hydrogen-bond donors (Lipinski definition) is 1. The molecule has 1 heterocycles. The molecule has 1 N–H and O–H groups in total. The molecule has 0 radical (unpaired) electrons. The van der Waals surface area contributed by atoms with Gasteiger partial charge in [0.15, 0.2) is 0 Å². The lowest BCUT2D eigenvalue weighted by Gasteiger charge is -2.08. The van der Waals surface area contributed by atoms with E-state index in [1.807, 2.05) is 13.8 Å². The van der Waals surface area contributed by atoms with E-state index in [2.05, 4.69) is 15.3 Å². The van der Waals surface area contributed by atoms with E-state index in [9.17, 15) is 0 Å². The van der Waals surface area contributed by atoms with Gasteiger partial charge in [-0.1, -0.05) is 11.6 Å². The second kappa shape index (κ2) is 6.89. The summed E-state index contributed by atoms with van der Waals surface area (Å²) in [6.45, 7) is 5.50. The Kier molecular flexibility index (Phi) is 5.80. The summed E-state index contributed by atoms with van der Waals surface area (Å²) in [6, 6.07) is 1.64. The molecule has 16 heavy (non-hydrogen) atoms. The summed E-state index contributed by atoms with van der Waals surface area (Å²) < 4.78 is 5.40. The Labute approximate surface area is 105 Å². The Balaban J connectivity index is 2.26. The Bertz CT molecular complexity index is 314. The average Bonchev–Trinajstić information content (AvgIpc) is 2.15. The van der Waals surface area contributed by atoms with Crippen LogP contribution in [-0.2, 0) is 4.74 Å². The summed E-state index contributed by atoms with van der Waals surface area (Å²) >= 11 is 11.4. The van der Waals surface area contributed by atoms with Gasteiger partial charge >= 0.3 is 0 Å². The van der Waals surface area contributed by atoms with Gasteiger partial charge < -0.3 is 10.1 Å². The van der Waals surface area contributed by atoms with E-state index in [-0.39, 0.29) is 11.4 Å². The normalized spacial score (nSPS) is 10.8. The van der Waals surface area contributed by atoms with Crippen molar-refractivity contribution in [2.24, 2.45) is 0 Å². The van der Waals surface area contributed by atoms with Crippen LogP contribution in [0.5, 0.6) is 0 Å². The summed E-state index contributed by atoms with van der Waals surface area (Å²) in [6.07, 6.45) is 1.17. The second-order valence-electron chi connectivity index (χ2n) is 3.54. The highest BCUT2D eigenvalue weighted by molar-refractivity contribution is 6.32. The van der Waals surface area contributed by atoms with Crippen LogP contribution in [0.25, 0.3) is 0 Å². The highest BCUT2D eigenvalue weighted by Crippen LogP contribution is 2.14. The third-order valence-corrected chi connectivity index (χ3v) is 2.11. The molecular formula is C10H15Cl2N3O. The predicted octanol–water partition coefficient (Wildman–Crippen LogP) is 3.01. The minimum Gasteiger partial charge on any atom is -0.379 e. The Hall–Kier alpha value is -0.580. The Morgan fingerprint density at radius 3 is 2.75 bits per heavy atom. The van der Waals surface area contributed by atoms with Gasteiger partial charge in [0.05, 0.1) is 6.10 Å². The molecule has 1 aromatic heterocycles. The van der Waals surface area contributed by atoms with Crippen LogP contribution in [0, 0.1) is 0 Å². The Morgan fingerprint density at radius 1 is 1.38 bits per heavy atom. The minimum atomic E-state index is 0.147. The molecule has 0 aliphatic rings. The maximum Gasteiger partial charge on any atom is 0.225 e. The van der Waals surface area contributed by atoms with Crippen molar-refractivity contribution in [1.82, 2.24) is 9.97 Å². The maximum atomic E-state index is 5.73. The van der Waals surface area contributed by atoms with Gasteiger partial charge in [0.25, 0.3) is 0 Å². The van der Waals surface area contributed by atoms with Crippen molar-refractivity contribution in [1.29, 1.82) is 0 Å². The van der Waals surface area contributed by atoms with E-state index in [0.717, 1.165) is 19.6 Å². The van der Waals surface area contributed by atoms with Crippen LogP contribution in [0.4, 0.5) is 5.82 Å². The zero-order valence-electron chi connectivity index (χ0n) is 9.33. The molecule has 0 aliphatic carbocycles. The van der Waals surface area contributed by atoms with Crippen molar-refractivity contribution >= 4 is 29.0 Å². The highest BCUT2D eigenvalue weighted by atomic mass is 35.5. The summed E-state index contributed by atoms with van der Waals surface area (Å²) in [5.41, 5.74) is 0. The summed E-state index contributed by atoms with van der Waals surface area (Å²) in [7, 11) is 0.